The first-order valence-electron chi connectivity index (χ1n) is 5.28. The summed E-state index contributed by atoms with van der Waals surface area (Å²) >= 11 is 0. The monoisotopic (exact) mass is 184 g/mol. The van der Waals surface area contributed by atoms with Gasteiger partial charge in [0.15, 0.2) is 0 Å². The Morgan fingerprint density at radius 3 is 2.77 bits per heavy atom. The highest BCUT2D eigenvalue weighted by Crippen LogP contribution is 2.29. The number of hydrogen-bond donors (Lipinski definition) is 1. The molecule has 0 radical (unpaired) electrons. The topological polar surface area (TPSA) is 29.5 Å². The average molecular weight is 184 g/mol. The molecule has 1 atom stereocenters. The van der Waals surface area contributed by atoms with E-state index in [0.717, 1.165) is 44.5 Å². The van der Waals surface area contributed by atoms with Crippen molar-refractivity contribution in [1.29, 1.82) is 0 Å². The largest absolute Gasteiger partial charge is 0.495 e. The second-order valence-corrected chi connectivity index (χ2v) is 3.69. The van der Waals surface area contributed by atoms with Crippen LogP contribution in [0.4, 0.5) is 0 Å². The molecule has 0 bridgehead atoms. The minimum Gasteiger partial charge on any atom is -0.495 e. The molecule has 2 heteroatoms. The molecule has 0 aromatic carbocycles. The van der Waals surface area contributed by atoms with E-state index in [2.05, 4.69) is 6.92 Å². The normalized spacial score (nSPS) is 21.6. The lowest BCUT2D eigenvalue weighted by molar-refractivity contribution is -0.00550. The van der Waals surface area contributed by atoms with Gasteiger partial charge in [0.25, 0.3) is 0 Å². The van der Waals surface area contributed by atoms with E-state index in [4.69, 9.17) is 4.74 Å². The van der Waals surface area contributed by atoms with Crippen LogP contribution in [0.2, 0.25) is 0 Å². The molecule has 1 aliphatic heterocycles. The van der Waals surface area contributed by atoms with E-state index in [1.165, 1.54) is 0 Å². The van der Waals surface area contributed by atoms with Crippen LogP contribution in [-0.2, 0) is 4.74 Å². The average Bonchev–Trinajstić information content (AvgIpc) is 2.19. The minimum atomic E-state index is -0.699. The molecule has 0 aromatic heterocycles. The first-order chi connectivity index (χ1) is 6.23. The number of allylic oxidation sites excluding steroid dienone is 1. The van der Waals surface area contributed by atoms with Crippen LogP contribution in [-0.4, -0.2) is 17.3 Å². The summed E-state index contributed by atoms with van der Waals surface area (Å²) in [5, 5.41) is 10.3. The lowest BCUT2D eigenvalue weighted by Crippen LogP contribution is -2.32. The Hall–Kier alpha value is -0.500. The van der Waals surface area contributed by atoms with E-state index < -0.39 is 5.60 Å². The van der Waals surface area contributed by atoms with Gasteiger partial charge >= 0.3 is 0 Å². The van der Waals surface area contributed by atoms with Crippen molar-refractivity contribution < 1.29 is 9.84 Å². The molecule has 1 rings (SSSR count). The van der Waals surface area contributed by atoms with Crippen molar-refractivity contribution in [3.63, 3.8) is 0 Å². The van der Waals surface area contributed by atoms with Gasteiger partial charge < -0.3 is 9.84 Å². The first-order valence-corrected chi connectivity index (χ1v) is 5.28. The van der Waals surface area contributed by atoms with Gasteiger partial charge in [-0.15, -0.1) is 0 Å². The van der Waals surface area contributed by atoms with Crippen molar-refractivity contribution in [2.75, 3.05) is 6.61 Å². The predicted octanol–water partition coefficient (Wildman–Crippen LogP) is 2.62. The Labute approximate surface area is 80.6 Å². The van der Waals surface area contributed by atoms with Crippen LogP contribution < -0.4 is 0 Å². The molecule has 1 aliphatic rings. The summed E-state index contributed by atoms with van der Waals surface area (Å²) in [4.78, 5) is 0. The summed E-state index contributed by atoms with van der Waals surface area (Å²) in [7, 11) is 0. The molecule has 76 valence electrons. The third kappa shape index (κ3) is 2.47. The standard InChI is InChI=1S/C11H20O2/c1-3-8-11(12,4-2)10-7-5-6-9-13-10/h7,12H,3-6,8-9H2,1-2H3. The minimum absolute atomic E-state index is 0.699. The molecule has 1 N–H and O–H groups in total. The zero-order chi connectivity index (χ0) is 9.73. The molecule has 2 nitrogen and oxygen atoms in total. The fourth-order valence-electron chi connectivity index (χ4n) is 1.77. The van der Waals surface area contributed by atoms with Gasteiger partial charge in [0.05, 0.1) is 6.61 Å². The van der Waals surface area contributed by atoms with Crippen LogP contribution in [0.25, 0.3) is 0 Å². The molecule has 1 heterocycles. The maximum absolute atomic E-state index is 10.3. The van der Waals surface area contributed by atoms with E-state index >= 15 is 0 Å². The maximum Gasteiger partial charge on any atom is 0.124 e. The van der Waals surface area contributed by atoms with Gasteiger partial charge in [0, 0.05) is 0 Å². The lowest BCUT2D eigenvalue weighted by atomic mass is 9.91. The van der Waals surface area contributed by atoms with E-state index in [1.54, 1.807) is 0 Å². The Balaban J connectivity index is 2.68. The van der Waals surface area contributed by atoms with Crippen LogP contribution in [0.1, 0.15) is 46.0 Å². The maximum atomic E-state index is 10.3. The van der Waals surface area contributed by atoms with Crippen molar-refractivity contribution in [3.8, 4) is 0 Å². The van der Waals surface area contributed by atoms with Gasteiger partial charge in [0.1, 0.15) is 11.4 Å². The number of ether oxygens (including phenoxy) is 1. The first kappa shape index (κ1) is 10.6. The molecule has 0 spiro atoms. The fourth-order valence-corrected chi connectivity index (χ4v) is 1.77. The van der Waals surface area contributed by atoms with Crippen molar-refractivity contribution in [1.82, 2.24) is 0 Å². The highest BCUT2D eigenvalue weighted by molar-refractivity contribution is 5.11. The summed E-state index contributed by atoms with van der Waals surface area (Å²) in [6, 6.07) is 0. The van der Waals surface area contributed by atoms with Gasteiger partial charge in [0.2, 0.25) is 0 Å². The van der Waals surface area contributed by atoms with E-state index in [1.807, 2.05) is 13.0 Å². The van der Waals surface area contributed by atoms with Gasteiger partial charge in [-0.2, -0.15) is 0 Å². The third-order valence-corrected chi connectivity index (χ3v) is 2.64. The van der Waals surface area contributed by atoms with Crippen molar-refractivity contribution in [2.24, 2.45) is 0 Å². The number of rotatable bonds is 4. The number of hydrogen-bond acceptors (Lipinski definition) is 2. The Morgan fingerprint density at radius 2 is 2.31 bits per heavy atom. The van der Waals surface area contributed by atoms with Crippen LogP contribution in [0.5, 0.6) is 0 Å². The summed E-state index contributed by atoms with van der Waals surface area (Å²) in [5.41, 5.74) is -0.699. The summed E-state index contributed by atoms with van der Waals surface area (Å²) in [6.07, 6.45) is 6.70. The van der Waals surface area contributed by atoms with Crippen LogP contribution in [0, 0.1) is 0 Å². The van der Waals surface area contributed by atoms with Crippen molar-refractivity contribution in [2.45, 2.75) is 51.6 Å². The van der Waals surface area contributed by atoms with Gasteiger partial charge in [-0.1, -0.05) is 20.3 Å². The van der Waals surface area contributed by atoms with E-state index in [0.29, 0.717) is 0 Å². The number of aliphatic hydroxyl groups is 1. The molecule has 0 amide bonds. The van der Waals surface area contributed by atoms with Gasteiger partial charge in [-0.25, -0.2) is 0 Å². The Kier molecular flexibility index (Phi) is 3.79. The zero-order valence-electron chi connectivity index (χ0n) is 8.68. The summed E-state index contributed by atoms with van der Waals surface area (Å²) in [5.74, 6) is 0.808. The highest BCUT2D eigenvalue weighted by Gasteiger charge is 2.31. The quantitative estimate of drug-likeness (QED) is 0.727. The molecule has 0 fully saturated rings. The van der Waals surface area contributed by atoms with E-state index in [-0.39, 0.29) is 0 Å². The highest BCUT2D eigenvalue weighted by atomic mass is 16.5. The smallest absolute Gasteiger partial charge is 0.124 e. The second-order valence-electron chi connectivity index (χ2n) is 3.69. The molecule has 0 aromatic rings. The van der Waals surface area contributed by atoms with Crippen LogP contribution in [0.15, 0.2) is 11.8 Å². The van der Waals surface area contributed by atoms with Gasteiger partial charge in [-0.3, -0.25) is 0 Å². The lowest BCUT2D eigenvalue weighted by Gasteiger charge is -2.31. The summed E-state index contributed by atoms with van der Waals surface area (Å²) < 4.78 is 5.50. The molecule has 0 saturated heterocycles. The molecule has 1 unspecified atom stereocenters. The third-order valence-electron chi connectivity index (χ3n) is 2.64. The molecular formula is C11H20O2. The second kappa shape index (κ2) is 4.66. The van der Waals surface area contributed by atoms with Crippen LogP contribution in [0.3, 0.4) is 0 Å². The molecule has 0 saturated carbocycles. The zero-order valence-corrected chi connectivity index (χ0v) is 8.68. The van der Waals surface area contributed by atoms with Crippen molar-refractivity contribution in [3.05, 3.63) is 11.8 Å². The Bertz CT molecular complexity index is 187. The Morgan fingerprint density at radius 1 is 1.54 bits per heavy atom. The van der Waals surface area contributed by atoms with Crippen LogP contribution >= 0.6 is 0 Å². The predicted molar refractivity (Wildman–Crippen MR) is 53.4 cm³/mol. The SMILES string of the molecule is CCCC(O)(CC)C1=CCCCO1. The van der Waals surface area contributed by atoms with E-state index in [9.17, 15) is 5.11 Å². The van der Waals surface area contributed by atoms with Crippen molar-refractivity contribution >= 4 is 0 Å². The molecule has 13 heavy (non-hydrogen) atoms. The molecular weight excluding hydrogens is 164 g/mol. The molecule has 0 aliphatic carbocycles. The fraction of sp³-hybridized carbons (Fsp3) is 0.818. The van der Waals surface area contributed by atoms with Gasteiger partial charge in [-0.05, 0) is 31.8 Å². The summed E-state index contributed by atoms with van der Waals surface area (Å²) in [6.45, 7) is 4.86.